The summed E-state index contributed by atoms with van der Waals surface area (Å²) in [4.78, 5) is 2.31. The van der Waals surface area contributed by atoms with Crippen molar-refractivity contribution in [1.82, 2.24) is 27.4 Å². The predicted molar refractivity (Wildman–Crippen MR) is 581 cm³/mol. The fourth-order valence-electron chi connectivity index (χ4n) is 22.0. The van der Waals surface area contributed by atoms with Crippen LogP contribution in [0.15, 0.2) is 516 Å². The number of benzene rings is 23. The Hall–Kier alpha value is -18.3. The average molecular weight is 1750 g/mol. The summed E-state index contributed by atoms with van der Waals surface area (Å²) in [5.74, 6) is 0. The molecule has 6 aromatic heterocycles. The van der Waals surface area contributed by atoms with Gasteiger partial charge in [0.05, 0.1) is 66.2 Å². The van der Waals surface area contributed by atoms with Gasteiger partial charge in [-0.15, -0.1) is 0 Å². The molecule has 0 aliphatic carbocycles. The van der Waals surface area contributed by atoms with E-state index < -0.39 is 0 Å². The molecule has 0 saturated heterocycles. The molecule has 7 nitrogen and oxygen atoms in total. The Balaban J connectivity index is 0.000000104. The third kappa shape index (κ3) is 13.0. The minimum atomic E-state index is 1.11. The molecule has 6 heterocycles. The second kappa shape index (κ2) is 32.3. The molecule has 23 aromatic carbocycles. The molecular formula is C130H85N7. The molecule has 0 saturated carbocycles. The molecule has 29 rings (SSSR count). The molecule has 7 heteroatoms. The number of aromatic nitrogens is 6. The van der Waals surface area contributed by atoms with E-state index >= 15 is 0 Å². The number of rotatable bonds is 11. The van der Waals surface area contributed by atoms with Crippen LogP contribution in [0, 0.1) is 0 Å². The van der Waals surface area contributed by atoms with E-state index in [1.54, 1.807) is 0 Å². The lowest BCUT2D eigenvalue weighted by atomic mass is 10.0. The predicted octanol–water partition coefficient (Wildman–Crippen LogP) is 35.1. The second-order valence-electron chi connectivity index (χ2n) is 35.8. The van der Waals surface area contributed by atoms with Gasteiger partial charge >= 0.3 is 0 Å². The van der Waals surface area contributed by atoms with Crippen LogP contribution in [0.5, 0.6) is 0 Å². The molecule has 0 atom stereocenters. The van der Waals surface area contributed by atoms with Crippen LogP contribution in [0.3, 0.4) is 0 Å². The van der Waals surface area contributed by atoms with E-state index in [0.29, 0.717) is 0 Å². The lowest BCUT2D eigenvalue weighted by Gasteiger charge is -2.25. The van der Waals surface area contributed by atoms with Crippen molar-refractivity contribution in [2.45, 2.75) is 0 Å². The molecule has 0 N–H and O–H groups in total. The van der Waals surface area contributed by atoms with E-state index in [1.807, 2.05) is 0 Å². The zero-order chi connectivity index (χ0) is 90.1. The summed E-state index contributed by atoms with van der Waals surface area (Å²) < 4.78 is 14.8. The minimum Gasteiger partial charge on any atom is -0.311 e. The number of hydrogen-bond acceptors (Lipinski definition) is 1. The fraction of sp³-hybridized carbons (Fsp3) is 0. The van der Waals surface area contributed by atoms with Gasteiger partial charge in [0.25, 0.3) is 0 Å². The highest BCUT2D eigenvalue weighted by Crippen LogP contribution is 2.48. The van der Waals surface area contributed by atoms with Crippen molar-refractivity contribution in [2.75, 3.05) is 4.90 Å². The SMILES string of the molecule is c1ccc(-c2ccc(-n3c4ccccc4c4ccc5c(c6ccccc6n5-c5ccc6ccccc6c5)c43)cc2)cc1.c1ccc(N(c2ccccc2)c2ccc(-n3c4ccccc4c4ccc5c6ccccc6n(-c6ccc7ccccc7c6)c5c43)cc2)cc1.c1ccc2cc(-c3ccc(-n4c5ccccc5c5ccc6c7ccccc7n(-c7ccc8ccccc8c7)c6c54)cc3)ccc2c1. The van der Waals surface area contributed by atoms with Gasteiger partial charge in [-0.3, -0.25) is 0 Å². The van der Waals surface area contributed by atoms with E-state index in [-0.39, 0.29) is 0 Å². The minimum absolute atomic E-state index is 1.11. The van der Waals surface area contributed by atoms with Crippen LogP contribution in [0.1, 0.15) is 0 Å². The topological polar surface area (TPSA) is 32.8 Å². The first-order valence-electron chi connectivity index (χ1n) is 47.1. The normalized spacial score (nSPS) is 11.8. The zero-order valence-corrected chi connectivity index (χ0v) is 74.7. The third-order valence-electron chi connectivity index (χ3n) is 28.2. The average Bonchev–Trinajstić information content (AvgIpc) is 1.55. The van der Waals surface area contributed by atoms with Gasteiger partial charge in [-0.1, -0.05) is 358 Å². The molecule has 0 aliphatic rings. The van der Waals surface area contributed by atoms with Gasteiger partial charge in [0.15, 0.2) is 0 Å². The van der Waals surface area contributed by atoms with Crippen molar-refractivity contribution < 1.29 is 0 Å². The Morgan fingerprint density at radius 3 is 0.752 bits per heavy atom. The first-order chi connectivity index (χ1) is 68.0. The molecule has 29 aromatic rings. The highest BCUT2D eigenvalue weighted by molar-refractivity contribution is 6.28. The van der Waals surface area contributed by atoms with Crippen molar-refractivity contribution in [3.8, 4) is 56.4 Å². The molecule has 0 unspecified atom stereocenters. The van der Waals surface area contributed by atoms with Gasteiger partial charge in [-0.25, -0.2) is 0 Å². The van der Waals surface area contributed by atoms with E-state index in [0.717, 1.165) is 39.8 Å². The Bertz CT molecular complexity index is 9800. The monoisotopic (exact) mass is 1740 g/mol. The molecular weight excluding hydrogens is 1660 g/mol. The number of anilines is 3. The van der Waals surface area contributed by atoms with Crippen molar-refractivity contribution in [1.29, 1.82) is 0 Å². The Kier molecular flexibility index (Phi) is 18.5. The van der Waals surface area contributed by atoms with Crippen LogP contribution in [0.4, 0.5) is 17.1 Å². The van der Waals surface area contributed by atoms with Gasteiger partial charge < -0.3 is 32.3 Å². The summed E-state index contributed by atoms with van der Waals surface area (Å²) in [5, 5.41) is 25.1. The highest BCUT2D eigenvalue weighted by atomic mass is 15.1. The maximum Gasteiger partial charge on any atom is 0.0788 e. The maximum atomic E-state index is 2.47. The van der Waals surface area contributed by atoms with Crippen LogP contribution >= 0.6 is 0 Å². The van der Waals surface area contributed by atoms with Gasteiger partial charge in [-0.2, -0.15) is 0 Å². The van der Waals surface area contributed by atoms with Crippen LogP contribution in [-0.2, 0) is 0 Å². The molecule has 0 aliphatic heterocycles. The quantitative estimate of drug-likeness (QED) is 0.127. The van der Waals surface area contributed by atoms with Crippen LogP contribution in [0.2, 0.25) is 0 Å². The largest absolute Gasteiger partial charge is 0.311 e. The number of hydrogen-bond donors (Lipinski definition) is 0. The Morgan fingerprint density at radius 1 is 0.124 bits per heavy atom. The van der Waals surface area contributed by atoms with Gasteiger partial charge in [0.1, 0.15) is 0 Å². The molecule has 0 bridgehead atoms. The van der Waals surface area contributed by atoms with Crippen LogP contribution < -0.4 is 4.90 Å². The van der Waals surface area contributed by atoms with E-state index in [4.69, 9.17) is 0 Å². The fourth-order valence-corrected chi connectivity index (χ4v) is 22.0. The summed E-state index contributed by atoms with van der Waals surface area (Å²) in [6, 6.07) is 187. The lowest BCUT2D eigenvalue weighted by Crippen LogP contribution is -2.09. The maximum absolute atomic E-state index is 2.47. The van der Waals surface area contributed by atoms with Crippen molar-refractivity contribution in [2.24, 2.45) is 0 Å². The molecule has 640 valence electrons. The van der Waals surface area contributed by atoms with Crippen LogP contribution in [0.25, 0.3) is 230 Å². The highest BCUT2D eigenvalue weighted by Gasteiger charge is 2.27. The summed E-state index contributed by atoms with van der Waals surface area (Å²) in [5.41, 5.74) is 29.8. The molecule has 0 spiro atoms. The number of para-hydroxylation sites is 8. The molecule has 0 radical (unpaired) electrons. The lowest BCUT2D eigenvalue weighted by molar-refractivity contribution is 1.15. The molecule has 137 heavy (non-hydrogen) atoms. The van der Waals surface area contributed by atoms with Gasteiger partial charge in [0, 0.05) is 116 Å². The van der Waals surface area contributed by atoms with Gasteiger partial charge in [0.2, 0.25) is 0 Å². The zero-order valence-electron chi connectivity index (χ0n) is 74.7. The van der Waals surface area contributed by atoms with E-state index in [1.165, 1.54) is 208 Å². The second-order valence-corrected chi connectivity index (χ2v) is 35.8. The number of nitrogens with zero attached hydrogens (tertiary/aromatic N) is 7. The summed E-state index contributed by atoms with van der Waals surface area (Å²) in [6.45, 7) is 0. The van der Waals surface area contributed by atoms with Crippen molar-refractivity contribution in [3.63, 3.8) is 0 Å². The third-order valence-corrected chi connectivity index (χ3v) is 28.2. The Morgan fingerprint density at radius 2 is 0.365 bits per heavy atom. The van der Waals surface area contributed by atoms with E-state index in [2.05, 4.69) is 548 Å². The van der Waals surface area contributed by atoms with Crippen molar-refractivity contribution in [3.05, 3.63) is 516 Å². The van der Waals surface area contributed by atoms with Gasteiger partial charge in [-0.05, 0) is 223 Å². The molecule has 0 amide bonds. The summed E-state index contributed by atoms with van der Waals surface area (Å²) >= 11 is 0. The molecule has 0 fully saturated rings. The summed E-state index contributed by atoms with van der Waals surface area (Å²) in [7, 11) is 0. The first kappa shape index (κ1) is 78.5. The summed E-state index contributed by atoms with van der Waals surface area (Å²) in [6.07, 6.45) is 0. The Labute approximate surface area is 789 Å². The van der Waals surface area contributed by atoms with Crippen LogP contribution in [-0.4, -0.2) is 27.4 Å². The number of fused-ring (bicyclic) bond motifs is 25. The standard InChI is InChI=1S/C46H31N3.C44H28N2.C40H26N2/c1-3-15-34(16-4-1)47(35-17-5-2-6-18-35)36-25-27-37(28-26-36)48-43-21-11-9-19-39(43)41-29-30-42-40-20-10-12-22-44(40)49(46(42)45(41)48)38-24-23-32-13-7-8-14-33(32)31-38;1-3-11-32-27-34(18-17-29(32)9-1)31-19-22-35(23-20-31)45-41-15-7-5-13-37(41)39-25-26-40-38-14-6-8-16-42(38)46(44(40)43(39)45)36-24-21-30-10-2-4-12-33(30)28-36;1-2-10-27(11-3-1)29-18-21-31(22-19-29)42-36-16-8-6-14-33(36)34-24-25-38-39(40(34)42)35-15-7-9-17-37(35)41(38)32-23-20-28-12-4-5-13-30(28)26-32/h1-31H;1-28H;1-26H. The first-order valence-corrected chi connectivity index (χ1v) is 47.1. The van der Waals surface area contributed by atoms with Crippen molar-refractivity contribution >= 4 is 191 Å². The van der Waals surface area contributed by atoms with E-state index in [9.17, 15) is 0 Å². The smallest absolute Gasteiger partial charge is 0.0788 e.